The van der Waals surface area contributed by atoms with Gasteiger partial charge in [-0.1, -0.05) is 106 Å². The molecule has 26 heteroatoms. The van der Waals surface area contributed by atoms with E-state index in [-0.39, 0.29) is 74.6 Å². The molecule has 3 heterocycles. The van der Waals surface area contributed by atoms with Crippen LogP contribution in [0.25, 0.3) is 0 Å². The number of nitrogens with zero attached hydrogens (tertiary/aromatic N) is 2. The topological polar surface area (TPSA) is 353 Å². The number of rotatable bonds is 15. The maximum atomic E-state index is 14.9. The van der Waals surface area contributed by atoms with Crippen LogP contribution in [0.5, 0.6) is 0 Å². The molecule has 9 N–H and O–H groups in total. The maximum Gasteiger partial charge on any atom is 0.294 e. The lowest BCUT2D eigenvalue weighted by molar-refractivity contribution is -0.148. The number of carbonyl (C=O) groups is 9. The van der Waals surface area contributed by atoms with Crippen molar-refractivity contribution in [1.82, 2.24) is 47.0 Å². The van der Waals surface area contributed by atoms with E-state index in [0.717, 1.165) is 24.3 Å². The van der Waals surface area contributed by atoms with Crippen LogP contribution in [0.4, 0.5) is 0 Å². The van der Waals surface area contributed by atoms with Crippen molar-refractivity contribution in [3.63, 3.8) is 0 Å². The van der Waals surface area contributed by atoms with Crippen molar-refractivity contribution in [3.05, 3.63) is 59.7 Å². The second-order valence-corrected chi connectivity index (χ2v) is 26.3. The quantitative estimate of drug-likeness (QED) is 0.115. The zero-order valence-electron chi connectivity index (χ0n) is 49.1. The molecule has 3 fully saturated rings. The number of amides is 9. The van der Waals surface area contributed by atoms with Crippen LogP contribution in [0.3, 0.4) is 0 Å². The molecule has 0 unspecified atom stereocenters. The monoisotopic (exact) mass is 1200 g/mol. The fourth-order valence-electron chi connectivity index (χ4n) is 10.6. The van der Waals surface area contributed by atoms with Gasteiger partial charge in [-0.3, -0.25) is 52.3 Å². The normalized spacial score (nSPS) is 26.3. The highest BCUT2D eigenvalue weighted by molar-refractivity contribution is 7.86. The number of benzene rings is 2. The number of carbonyl (C=O) groups excluding carboxylic acids is 9. The van der Waals surface area contributed by atoms with E-state index in [1.54, 1.807) is 48.5 Å². The molecule has 3 aliphatic rings. The average Bonchev–Trinajstić information content (AvgIpc) is 3.88. The van der Waals surface area contributed by atoms with Crippen LogP contribution in [-0.4, -0.2) is 156 Å². The molecule has 9 amide bonds. The van der Waals surface area contributed by atoms with Crippen molar-refractivity contribution in [2.75, 3.05) is 13.1 Å². The summed E-state index contributed by atoms with van der Waals surface area (Å²) in [5.74, 6) is -8.64. The fraction of sp³-hybridized carbons (Fsp3) is 0.632. The molecule has 83 heavy (non-hydrogen) atoms. The Morgan fingerprint density at radius 3 is 1.18 bits per heavy atom. The van der Waals surface area contributed by atoms with Gasteiger partial charge in [0.15, 0.2) is 0 Å². The number of nitrogens with one attached hydrogen (secondary N) is 7. The van der Waals surface area contributed by atoms with Crippen LogP contribution in [-0.2, 0) is 76.2 Å². The molecule has 460 valence electrons. The SMILES string of the molecule is CC[C@H](C)[C@@H]1NC(=O)[C@H](CC(C)C)NC(=O)[C@H](Cc2ccc(S(=O)(=O)O)cc2)NC(=O)[C@H](Cc2ccc(S(=O)(=O)O)cc2)NC(=O)[C@@H]2CCCN2C(=O)[C@@H]2CCCN2C(=O)[C@H](C(C)C)NC(=O)[C@H](CC(C)C)NC(=O)[C@H]([C@@H](C)CC)NC1=O. The lowest BCUT2D eigenvalue weighted by Gasteiger charge is -2.35. The minimum absolute atomic E-state index is 0.00404. The highest BCUT2D eigenvalue weighted by Gasteiger charge is 2.46. The first kappa shape index (κ1) is 67.3. The first-order valence-corrected chi connectivity index (χ1v) is 31.6. The van der Waals surface area contributed by atoms with E-state index in [0.29, 0.717) is 25.7 Å². The number of fused-ring (bicyclic) bond motifs is 2. The van der Waals surface area contributed by atoms with Crippen LogP contribution in [0.15, 0.2) is 58.3 Å². The molecule has 0 spiro atoms. The second-order valence-electron chi connectivity index (χ2n) is 23.5. The third-order valence-corrected chi connectivity index (χ3v) is 17.5. The molecule has 0 bridgehead atoms. The van der Waals surface area contributed by atoms with E-state index in [1.807, 2.05) is 20.8 Å². The van der Waals surface area contributed by atoms with Crippen LogP contribution in [0.2, 0.25) is 0 Å². The zero-order chi connectivity index (χ0) is 61.8. The van der Waals surface area contributed by atoms with E-state index >= 15 is 0 Å². The summed E-state index contributed by atoms with van der Waals surface area (Å²) in [6.45, 7) is 18.1. The summed E-state index contributed by atoms with van der Waals surface area (Å²) in [6.07, 6.45) is 1.34. The van der Waals surface area contributed by atoms with E-state index in [4.69, 9.17) is 0 Å². The Hall–Kier alpha value is -6.51. The molecule has 24 nitrogen and oxygen atoms in total. The minimum Gasteiger partial charge on any atom is -0.343 e. The lowest BCUT2D eigenvalue weighted by Crippen LogP contribution is -2.62. The Bertz CT molecular complexity index is 2900. The first-order chi connectivity index (χ1) is 38.8. The molecule has 2 aromatic rings. The van der Waals surface area contributed by atoms with Crippen molar-refractivity contribution in [2.45, 2.75) is 198 Å². The molecule has 0 radical (unpaired) electrons. The van der Waals surface area contributed by atoms with Gasteiger partial charge in [-0.2, -0.15) is 16.8 Å². The van der Waals surface area contributed by atoms with E-state index in [9.17, 15) is 69.1 Å². The minimum atomic E-state index is -4.65. The largest absolute Gasteiger partial charge is 0.343 e. The zero-order valence-corrected chi connectivity index (χ0v) is 50.7. The van der Waals surface area contributed by atoms with Gasteiger partial charge in [0.2, 0.25) is 53.2 Å². The lowest BCUT2D eigenvalue weighted by atomic mass is 9.93. The molecule has 11 atom stereocenters. The van der Waals surface area contributed by atoms with Gasteiger partial charge in [-0.05, 0) is 104 Å². The number of hydrogen-bond acceptors (Lipinski definition) is 13. The van der Waals surface area contributed by atoms with Crippen molar-refractivity contribution in [3.8, 4) is 0 Å². The fourth-order valence-corrected chi connectivity index (χ4v) is 11.6. The smallest absolute Gasteiger partial charge is 0.294 e. The molecule has 3 aliphatic heterocycles. The van der Waals surface area contributed by atoms with Crippen LogP contribution < -0.4 is 37.2 Å². The van der Waals surface area contributed by atoms with Crippen LogP contribution in [0, 0.1) is 29.6 Å². The molecule has 5 rings (SSSR count). The van der Waals surface area contributed by atoms with Crippen molar-refractivity contribution in [1.29, 1.82) is 0 Å². The molecular weight excluding hydrogens is 1110 g/mol. The summed E-state index contributed by atoms with van der Waals surface area (Å²) in [5.41, 5.74) is 0.545. The van der Waals surface area contributed by atoms with Gasteiger partial charge >= 0.3 is 0 Å². The molecule has 3 saturated heterocycles. The van der Waals surface area contributed by atoms with Gasteiger partial charge in [0.1, 0.15) is 54.4 Å². The standard InChI is InChI=1S/C57H85N9O15S2/c1-11-34(9)47-54(72)61-41(28-32(5)6)51(69)62-46(33(7)8)57(75)66-26-14-16-45(66)56(74)65-25-13-15-44(65)53(71)60-43(30-37-19-23-39(24-20-37)83(79,80)81)50(68)59-42(29-36-17-21-38(22-18-36)82(76,77)78)49(67)58-40(27-31(3)4)52(70)63-48(35(10)12-2)55(73)64-47/h17-24,31-35,40-48H,11-16,25-30H2,1-10H3,(H,58,67)(H,59,68)(H,60,71)(H,61,72)(H,62,69)(H,63,70)(H,64,73)(H,76,77,78)(H,79,80,81)/t34-,35-,40-,41-,42-,43-,44-,45-,46-,47-,48-/m0/s1. The molecule has 2 aromatic carbocycles. The summed E-state index contributed by atoms with van der Waals surface area (Å²) in [7, 11) is -9.30. The predicted molar refractivity (Wildman–Crippen MR) is 306 cm³/mol. The van der Waals surface area contributed by atoms with Crippen molar-refractivity contribution in [2.24, 2.45) is 29.6 Å². The third kappa shape index (κ3) is 18.2. The van der Waals surface area contributed by atoms with E-state index in [1.165, 1.54) is 34.1 Å². The first-order valence-electron chi connectivity index (χ1n) is 28.7. The summed E-state index contributed by atoms with van der Waals surface area (Å²) in [5, 5.41) is 19.5. The maximum absolute atomic E-state index is 14.9. The van der Waals surface area contributed by atoms with Crippen LogP contribution >= 0.6 is 0 Å². The third-order valence-electron chi connectivity index (χ3n) is 15.7. The van der Waals surface area contributed by atoms with Gasteiger partial charge in [-0.25, -0.2) is 0 Å². The Labute approximate surface area is 487 Å². The van der Waals surface area contributed by atoms with Gasteiger partial charge in [0.05, 0.1) is 9.79 Å². The molecular formula is C57H85N9O15S2. The summed E-state index contributed by atoms with van der Waals surface area (Å²) >= 11 is 0. The summed E-state index contributed by atoms with van der Waals surface area (Å²) in [4.78, 5) is 134. The van der Waals surface area contributed by atoms with Crippen molar-refractivity contribution >= 4 is 73.4 Å². The van der Waals surface area contributed by atoms with E-state index < -0.39 is 155 Å². The average molecular weight is 1200 g/mol. The van der Waals surface area contributed by atoms with Gasteiger partial charge in [-0.15, -0.1) is 0 Å². The predicted octanol–water partition coefficient (Wildman–Crippen LogP) is 2.19. The Kier molecular flexibility index (Phi) is 23.8. The van der Waals surface area contributed by atoms with Crippen molar-refractivity contribution < 1.29 is 69.1 Å². The highest BCUT2D eigenvalue weighted by Crippen LogP contribution is 2.28. The summed E-state index contributed by atoms with van der Waals surface area (Å²) < 4.78 is 67.4. The number of hydrogen-bond donors (Lipinski definition) is 9. The second kappa shape index (κ2) is 29.3. The van der Waals surface area contributed by atoms with Gasteiger partial charge in [0.25, 0.3) is 20.2 Å². The Balaban J connectivity index is 1.66. The highest BCUT2D eigenvalue weighted by atomic mass is 32.2. The van der Waals surface area contributed by atoms with E-state index in [2.05, 4.69) is 37.2 Å². The molecule has 0 saturated carbocycles. The Morgan fingerprint density at radius 2 is 0.783 bits per heavy atom. The van der Waals surface area contributed by atoms with Crippen LogP contribution in [0.1, 0.15) is 132 Å². The molecule has 0 aromatic heterocycles. The van der Waals surface area contributed by atoms with Gasteiger partial charge in [0, 0.05) is 25.9 Å². The molecule has 0 aliphatic carbocycles. The van der Waals surface area contributed by atoms with Gasteiger partial charge < -0.3 is 47.0 Å². The summed E-state index contributed by atoms with van der Waals surface area (Å²) in [6, 6.07) is -2.08. The Morgan fingerprint density at radius 1 is 0.446 bits per heavy atom.